The second-order valence-corrected chi connectivity index (χ2v) is 7.34. The van der Waals surface area contributed by atoms with Crippen molar-refractivity contribution in [1.82, 2.24) is 9.80 Å². The van der Waals surface area contributed by atoms with Crippen molar-refractivity contribution in [2.24, 2.45) is 5.92 Å². The summed E-state index contributed by atoms with van der Waals surface area (Å²) in [5, 5.41) is 0. The summed E-state index contributed by atoms with van der Waals surface area (Å²) in [5.41, 5.74) is 4.32. The van der Waals surface area contributed by atoms with E-state index in [9.17, 15) is 4.79 Å². The molecule has 2 fully saturated rings. The van der Waals surface area contributed by atoms with Crippen LogP contribution in [0, 0.1) is 5.92 Å². The molecule has 0 bridgehead atoms. The number of benzene rings is 1. The number of fused-ring (bicyclic) bond motifs is 1. The highest BCUT2D eigenvalue weighted by atomic mass is 16.2. The number of nitrogens with zero attached hydrogens (tertiary/aromatic N) is 2. The van der Waals surface area contributed by atoms with E-state index in [0.29, 0.717) is 12.5 Å². The molecule has 0 aromatic heterocycles. The van der Waals surface area contributed by atoms with E-state index < -0.39 is 0 Å². The second kappa shape index (κ2) is 5.69. The van der Waals surface area contributed by atoms with Gasteiger partial charge in [-0.3, -0.25) is 9.69 Å². The summed E-state index contributed by atoms with van der Waals surface area (Å²) in [6.07, 6.45) is 4.94. The predicted molar refractivity (Wildman–Crippen MR) is 87.8 cm³/mol. The molecule has 0 spiro atoms. The van der Waals surface area contributed by atoms with E-state index in [4.69, 9.17) is 0 Å². The zero-order chi connectivity index (χ0) is 15.1. The number of rotatable bonds is 4. The Kier molecular flexibility index (Phi) is 3.69. The van der Waals surface area contributed by atoms with Crippen LogP contribution in [0.4, 0.5) is 0 Å². The highest BCUT2D eigenvalue weighted by Gasteiger charge is 2.30. The molecule has 1 saturated carbocycles. The van der Waals surface area contributed by atoms with E-state index in [1.807, 2.05) is 0 Å². The maximum atomic E-state index is 12.5. The van der Waals surface area contributed by atoms with Crippen LogP contribution < -0.4 is 0 Å². The Hall–Kier alpha value is -1.35. The highest BCUT2D eigenvalue weighted by molar-refractivity contribution is 5.78. The standard InChI is InChI=1S/C19H26N2O/c1-2-14-10-20(11-14)13-19(22)21-8-7-16-5-6-17(15-3-4-15)9-18(16)12-21/h5-6,9,14-15H,2-4,7-8,10-13H2,1H3. The molecule has 1 aliphatic carbocycles. The maximum absolute atomic E-state index is 12.5. The lowest BCUT2D eigenvalue weighted by atomic mass is 9.95. The monoisotopic (exact) mass is 298 g/mol. The molecule has 3 aliphatic rings. The Bertz CT molecular complexity index is 573. The van der Waals surface area contributed by atoms with Crippen molar-refractivity contribution in [2.75, 3.05) is 26.2 Å². The van der Waals surface area contributed by atoms with Gasteiger partial charge in [-0.15, -0.1) is 0 Å². The van der Waals surface area contributed by atoms with Gasteiger partial charge in [0.2, 0.25) is 5.91 Å². The summed E-state index contributed by atoms with van der Waals surface area (Å²) < 4.78 is 0. The van der Waals surface area contributed by atoms with Gasteiger partial charge in [0.25, 0.3) is 0 Å². The highest BCUT2D eigenvalue weighted by Crippen LogP contribution is 2.41. The summed E-state index contributed by atoms with van der Waals surface area (Å²) in [5.74, 6) is 1.93. The summed E-state index contributed by atoms with van der Waals surface area (Å²) in [7, 11) is 0. The van der Waals surface area contributed by atoms with Crippen molar-refractivity contribution in [1.29, 1.82) is 0 Å². The molecule has 3 nitrogen and oxygen atoms in total. The van der Waals surface area contributed by atoms with E-state index in [0.717, 1.165) is 44.4 Å². The van der Waals surface area contributed by atoms with Crippen molar-refractivity contribution >= 4 is 5.91 Å². The van der Waals surface area contributed by atoms with Gasteiger partial charge in [-0.05, 0) is 47.8 Å². The lowest BCUT2D eigenvalue weighted by molar-refractivity contribution is -0.135. The Labute approximate surface area is 133 Å². The molecule has 1 aromatic carbocycles. The number of amides is 1. The van der Waals surface area contributed by atoms with E-state index in [-0.39, 0.29) is 0 Å². The molecule has 0 unspecified atom stereocenters. The summed E-state index contributed by atoms with van der Waals surface area (Å²) >= 11 is 0. The van der Waals surface area contributed by atoms with Gasteiger partial charge in [0.05, 0.1) is 6.54 Å². The van der Waals surface area contributed by atoms with Crippen molar-refractivity contribution in [3.05, 3.63) is 34.9 Å². The Morgan fingerprint density at radius 1 is 1.23 bits per heavy atom. The third-order valence-corrected chi connectivity index (χ3v) is 5.61. The van der Waals surface area contributed by atoms with Crippen molar-refractivity contribution in [2.45, 2.75) is 45.1 Å². The van der Waals surface area contributed by atoms with E-state index >= 15 is 0 Å². The Balaban J connectivity index is 1.38. The molecule has 3 heteroatoms. The van der Waals surface area contributed by atoms with Crippen LogP contribution in [-0.2, 0) is 17.8 Å². The van der Waals surface area contributed by atoms with Gasteiger partial charge < -0.3 is 4.90 Å². The third kappa shape index (κ3) is 2.79. The van der Waals surface area contributed by atoms with E-state index in [1.54, 1.807) is 0 Å². The predicted octanol–water partition coefficient (Wildman–Crippen LogP) is 2.79. The molecule has 1 saturated heterocycles. The van der Waals surface area contributed by atoms with Gasteiger partial charge in [-0.1, -0.05) is 31.5 Å². The fraction of sp³-hybridized carbons (Fsp3) is 0.632. The minimum atomic E-state index is 0.317. The minimum Gasteiger partial charge on any atom is -0.337 e. The van der Waals surface area contributed by atoms with Gasteiger partial charge in [0.1, 0.15) is 0 Å². The van der Waals surface area contributed by atoms with Crippen molar-refractivity contribution in [3.8, 4) is 0 Å². The number of hydrogen-bond acceptors (Lipinski definition) is 2. The van der Waals surface area contributed by atoms with Gasteiger partial charge in [-0.2, -0.15) is 0 Å². The van der Waals surface area contributed by atoms with Gasteiger partial charge in [-0.25, -0.2) is 0 Å². The van der Waals surface area contributed by atoms with Crippen molar-refractivity contribution < 1.29 is 4.79 Å². The first-order valence-electron chi connectivity index (χ1n) is 8.84. The van der Waals surface area contributed by atoms with Crippen LogP contribution in [0.5, 0.6) is 0 Å². The third-order valence-electron chi connectivity index (χ3n) is 5.61. The molecule has 0 radical (unpaired) electrons. The molecular formula is C19H26N2O. The summed E-state index contributed by atoms with van der Waals surface area (Å²) in [6.45, 7) is 6.79. The number of carbonyl (C=O) groups is 1. The van der Waals surface area contributed by atoms with Gasteiger partial charge in [0.15, 0.2) is 0 Å². The maximum Gasteiger partial charge on any atom is 0.237 e. The lowest BCUT2D eigenvalue weighted by Gasteiger charge is -2.40. The molecular weight excluding hydrogens is 272 g/mol. The first-order valence-corrected chi connectivity index (χ1v) is 8.84. The van der Waals surface area contributed by atoms with E-state index in [2.05, 4.69) is 34.9 Å². The SMILES string of the molecule is CCC1CN(CC(=O)N2CCc3ccc(C4CC4)cc3C2)C1. The van der Waals surface area contributed by atoms with Gasteiger partial charge >= 0.3 is 0 Å². The molecule has 22 heavy (non-hydrogen) atoms. The Morgan fingerprint density at radius 2 is 2.05 bits per heavy atom. The molecule has 4 rings (SSSR count). The van der Waals surface area contributed by atoms with Gasteiger partial charge in [0, 0.05) is 26.2 Å². The van der Waals surface area contributed by atoms with Crippen molar-refractivity contribution in [3.63, 3.8) is 0 Å². The average molecular weight is 298 g/mol. The quantitative estimate of drug-likeness (QED) is 0.853. The molecule has 1 amide bonds. The first-order chi connectivity index (χ1) is 10.7. The molecule has 0 atom stereocenters. The van der Waals surface area contributed by atoms with Crippen LogP contribution in [-0.4, -0.2) is 41.9 Å². The lowest BCUT2D eigenvalue weighted by Crippen LogP contribution is -2.51. The van der Waals surface area contributed by atoms with Crippen LogP contribution in [0.25, 0.3) is 0 Å². The molecule has 2 heterocycles. The number of carbonyl (C=O) groups excluding carboxylic acids is 1. The average Bonchev–Trinajstić information content (AvgIpc) is 3.33. The smallest absolute Gasteiger partial charge is 0.237 e. The first kappa shape index (κ1) is 14.3. The second-order valence-electron chi connectivity index (χ2n) is 7.34. The normalized spacial score (nSPS) is 22.3. The fourth-order valence-electron chi connectivity index (χ4n) is 3.82. The Morgan fingerprint density at radius 3 is 2.77 bits per heavy atom. The van der Waals surface area contributed by atoms with Crippen LogP contribution in [0.2, 0.25) is 0 Å². The van der Waals surface area contributed by atoms with Crippen LogP contribution in [0.3, 0.4) is 0 Å². The molecule has 1 aromatic rings. The van der Waals surface area contributed by atoms with Crippen LogP contribution in [0.1, 0.15) is 48.8 Å². The molecule has 0 N–H and O–H groups in total. The number of hydrogen-bond donors (Lipinski definition) is 0. The van der Waals surface area contributed by atoms with E-state index in [1.165, 1.54) is 36.0 Å². The summed E-state index contributed by atoms with van der Waals surface area (Å²) in [4.78, 5) is 16.9. The number of likely N-dealkylation sites (tertiary alicyclic amines) is 1. The zero-order valence-electron chi connectivity index (χ0n) is 13.6. The van der Waals surface area contributed by atoms with Crippen LogP contribution >= 0.6 is 0 Å². The largest absolute Gasteiger partial charge is 0.337 e. The topological polar surface area (TPSA) is 23.6 Å². The minimum absolute atomic E-state index is 0.317. The fourth-order valence-corrected chi connectivity index (χ4v) is 3.82. The molecule has 2 aliphatic heterocycles. The molecule has 118 valence electrons. The summed E-state index contributed by atoms with van der Waals surface area (Å²) in [6, 6.07) is 6.97. The van der Waals surface area contributed by atoms with Crippen LogP contribution in [0.15, 0.2) is 18.2 Å². The zero-order valence-corrected chi connectivity index (χ0v) is 13.6.